The third kappa shape index (κ3) is 5.25. The van der Waals surface area contributed by atoms with Crippen molar-refractivity contribution in [3.63, 3.8) is 0 Å². The van der Waals surface area contributed by atoms with Gasteiger partial charge in [0.25, 0.3) is 5.91 Å². The van der Waals surface area contributed by atoms with Crippen LogP contribution in [0.4, 0.5) is 0 Å². The summed E-state index contributed by atoms with van der Waals surface area (Å²) in [5.41, 5.74) is 2.83. The van der Waals surface area contributed by atoms with Crippen molar-refractivity contribution in [1.29, 1.82) is 0 Å². The average molecular weight is 502 g/mol. The molecule has 1 fully saturated rings. The fraction of sp³-hybridized carbons (Fsp3) is 0.400. The van der Waals surface area contributed by atoms with Gasteiger partial charge < -0.3 is 15.1 Å². The molecule has 2 aliphatic rings. The number of benzene rings is 2. The maximum atomic E-state index is 13.8. The highest BCUT2D eigenvalue weighted by Gasteiger charge is 2.47. The van der Waals surface area contributed by atoms with E-state index in [4.69, 9.17) is 0 Å². The maximum Gasteiger partial charge on any atom is 0.254 e. The van der Waals surface area contributed by atoms with Crippen LogP contribution in [0.1, 0.15) is 70.4 Å². The summed E-state index contributed by atoms with van der Waals surface area (Å²) in [6, 6.07) is 22.2. The Bertz CT molecular complexity index is 1160. The fourth-order valence-corrected chi connectivity index (χ4v) is 6.69. The molecule has 0 spiro atoms. The van der Waals surface area contributed by atoms with Gasteiger partial charge in [0.2, 0.25) is 5.91 Å². The maximum absolute atomic E-state index is 13.8. The van der Waals surface area contributed by atoms with Crippen molar-refractivity contribution >= 4 is 23.2 Å². The summed E-state index contributed by atoms with van der Waals surface area (Å²) in [7, 11) is 2.12. The Morgan fingerprint density at radius 3 is 2.53 bits per heavy atom. The fourth-order valence-electron chi connectivity index (χ4n) is 5.82. The second-order valence-corrected chi connectivity index (χ2v) is 11.0. The van der Waals surface area contributed by atoms with Crippen LogP contribution in [0.25, 0.3) is 0 Å². The van der Waals surface area contributed by atoms with Crippen molar-refractivity contribution < 1.29 is 9.59 Å². The van der Waals surface area contributed by atoms with Crippen LogP contribution in [0.15, 0.2) is 72.1 Å². The SMILES string of the molecule is CN(CCCNC(=O)C1c2ccccc2C(=O)N(C2CCCC2)C1c1cccs1)Cc1ccccc1. The van der Waals surface area contributed by atoms with E-state index in [-0.39, 0.29) is 23.9 Å². The summed E-state index contributed by atoms with van der Waals surface area (Å²) in [6.07, 6.45) is 5.18. The number of nitrogens with zero attached hydrogens (tertiary/aromatic N) is 2. The Kier molecular flexibility index (Phi) is 7.83. The number of carbonyl (C=O) groups is 2. The largest absolute Gasteiger partial charge is 0.355 e. The molecule has 0 bridgehead atoms. The molecule has 1 aromatic heterocycles. The first-order valence-electron chi connectivity index (χ1n) is 13.1. The molecule has 2 amide bonds. The molecule has 1 aliphatic heterocycles. The molecule has 1 aliphatic carbocycles. The van der Waals surface area contributed by atoms with Crippen LogP contribution in [-0.2, 0) is 11.3 Å². The second-order valence-electron chi connectivity index (χ2n) is 10.0. The minimum absolute atomic E-state index is 0.0158. The van der Waals surface area contributed by atoms with Crippen molar-refractivity contribution in [2.45, 2.75) is 56.7 Å². The van der Waals surface area contributed by atoms with Crippen molar-refractivity contribution in [3.8, 4) is 0 Å². The molecule has 6 heteroatoms. The van der Waals surface area contributed by atoms with Gasteiger partial charge >= 0.3 is 0 Å². The van der Waals surface area contributed by atoms with Gasteiger partial charge in [0.05, 0.1) is 12.0 Å². The third-order valence-corrected chi connectivity index (χ3v) is 8.47. The summed E-state index contributed by atoms with van der Waals surface area (Å²) >= 11 is 1.64. The predicted molar refractivity (Wildman–Crippen MR) is 145 cm³/mol. The topological polar surface area (TPSA) is 52.7 Å². The lowest BCUT2D eigenvalue weighted by Crippen LogP contribution is -2.50. The number of carbonyl (C=O) groups excluding carboxylic acids is 2. The molecule has 1 saturated carbocycles. The van der Waals surface area contributed by atoms with Gasteiger partial charge in [-0.25, -0.2) is 0 Å². The van der Waals surface area contributed by atoms with Gasteiger partial charge in [0, 0.05) is 29.6 Å². The van der Waals surface area contributed by atoms with Crippen LogP contribution >= 0.6 is 11.3 Å². The van der Waals surface area contributed by atoms with Gasteiger partial charge in [0.15, 0.2) is 0 Å². The lowest BCUT2D eigenvalue weighted by molar-refractivity contribution is -0.124. The molecule has 5 rings (SSSR count). The molecule has 2 unspecified atom stereocenters. The molecule has 0 saturated heterocycles. The number of nitrogens with one attached hydrogen (secondary N) is 1. The van der Waals surface area contributed by atoms with E-state index >= 15 is 0 Å². The van der Waals surface area contributed by atoms with Gasteiger partial charge in [-0.2, -0.15) is 0 Å². The summed E-state index contributed by atoms with van der Waals surface area (Å²) in [5.74, 6) is -0.315. The van der Waals surface area contributed by atoms with Crippen LogP contribution in [0.5, 0.6) is 0 Å². The molecule has 36 heavy (non-hydrogen) atoms. The average Bonchev–Trinajstić information content (AvgIpc) is 3.62. The molecule has 2 aromatic carbocycles. The Morgan fingerprint density at radius 1 is 1.03 bits per heavy atom. The lowest BCUT2D eigenvalue weighted by Gasteiger charge is -2.44. The Balaban J connectivity index is 1.32. The van der Waals surface area contributed by atoms with Crippen molar-refractivity contribution in [2.75, 3.05) is 20.1 Å². The lowest BCUT2D eigenvalue weighted by atomic mass is 9.80. The van der Waals surface area contributed by atoms with Crippen LogP contribution in [0.2, 0.25) is 0 Å². The number of amides is 2. The van der Waals surface area contributed by atoms with Crippen molar-refractivity contribution in [1.82, 2.24) is 15.1 Å². The molecule has 0 radical (unpaired) electrons. The zero-order valence-electron chi connectivity index (χ0n) is 20.9. The molecule has 2 heterocycles. The van der Waals surface area contributed by atoms with E-state index in [1.807, 2.05) is 41.8 Å². The van der Waals surface area contributed by atoms with E-state index in [2.05, 4.69) is 52.5 Å². The summed E-state index contributed by atoms with van der Waals surface area (Å²) < 4.78 is 0. The Morgan fingerprint density at radius 2 is 1.78 bits per heavy atom. The normalized spacial score (nSPS) is 20.1. The summed E-state index contributed by atoms with van der Waals surface area (Å²) in [4.78, 5) is 33.0. The molecular formula is C30H35N3O2S. The zero-order chi connectivity index (χ0) is 24.9. The first kappa shape index (κ1) is 24.7. The standard InChI is InChI=1S/C30H35N3O2S/c1-32(21-22-11-3-2-4-12-22)19-10-18-31-29(34)27-24-15-7-8-16-25(24)30(35)33(23-13-5-6-14-23)28(27)26-17-9-20-36-26/h2-4,7-9,11-12,15-17,20,23,27-28H,5-6,10,13-14,18-19,21H2,1H3,(H,31,34). The van der Waals surface area contributed by atoms with Crippen LogP contribution in [0.3, 0.4) is 0 Å². The smallest absolute Gasteiger partial charge is 0.254 e. The highest BCUT2D eigenvalue weighted by Crippen LogP contribution is 2.47. The predicted octanol–water partition coefficient (Wildman–Crippen LogP) is 5.61. The van der Waals surface area contributed by atoms with E-state index in [1.165, 1.54) is 5.56 Å². The molecule has 2 atom stereocenters. The van der Waals surface area contributed by atoms with E-state index in [1.54, 1.807) is 11.3 Å². The van der Waals surface area contributed by atoms with Gasteiger partial charge in [-0.1, -0.05) is 67.4 Å². The molecule has 3 aromatic rings. The number of fused-ring (bicyclic) bond motifs is 1. The van der Waals surface area contributed by atoms with Crippen LogP contribution in [0, 0.1) is 0 Å². The number of thiophene rings is 1. The Labute approximate surface area is 218 Å². The highest BCUT2D eigenvalue weighted by molar-refractivity contribution is 7.10. The van der Waals surface area contributed by atoms with E-state index in [9.17, 15) is 9.59 Å². The second kappa shape index (κ2) is 11.4. The monoisotopic (exact) mass is 501 g/mol. The van der Waals surface area contributed by atoms with Crippen LogP contribution < -0.4 is 5.32 Å². The van der Waals surface area contributed by atoms with E-state index in [0.717, 1.165) is 55.6 Å². The highest BCUT2D eigenvalue weighted by atomic mass is 32.1. The van der Waals surface area contributed by atoms with Gasteiger partial charge in [-0.3, -0.25) is 9.59 Å². The minimum atomic E-state index is -0.403. The van der Waals surface area contributed by atoms with Crippen molar-refractivity contribution in [3.05, 3.63) is 93.7 Å². The van der Waals surface area contributed by atoms with Gasteiger partial charge in [-0.05, 0) is 61.5 Å². The number of hydrogen-bond acceptors (Lipinski definition) is 4. The first-order valence-corrected chi connectivity index (χ1v) is 14.0. The third-order valence-electron chi connectivity index (χ3n) is 7.52. The van der Waals surface area contributed by atoms with Crippen LogP contribution in [-0.4, -0.2) is 47.8 Å². The molecule has 5 nitrogen and oxygen atoms in total. The minimum Gasteiger partial charge on any atom is -0.355 e. The van der Waals surface area contributed by atoms with Crippen molar-refractivity contribution in [2.24, 2.45) is 0 Å². The summed E-state index contributed by atoms with van der Waals surface area (Å²) in [5, 5.41) is 5.28. The summed E-state index contributed by atoms with van der Waals surface area (Å²) in [6.45, 7) is 2.41. The first-order chi connectivity index (χ1) is 17.6. The van der Waals surface area contributed by atoms with Gasteiger partial charge in [0.1, 0.15) is 0 Å². The molecule has 1 N–H and O–H groups in total. The molecule has 188 valence electrons. The number of rotatable bonds is 9. The molecular weight excluding hydrogens is 466 g/mol. The quantitative estimate of drug-likeness (QED) is 0.388. The Hall–Kier alpha value is -2.96. The zero-order valence-corrected chi connectivity index (χ0v) is 21.8. The van der Waals surface area contributed by atoms with Gasteiger partial charge in [-0.15, -0.1) is 11.3 Å². The van der Waals surface area contributed by atoms with E-state index in [0.29, 0.717) is 12.1 Å². The van der Waals surface area contributed by atoms with E-state index < -0.39 is 5.92 Å². The number of hydrogen-bond donors (Lipinski definition) is 1.